The Hall–Kier alpha value is 1.73. The zero-order chi connectivity index (χ0) is 32.3. The van der Waals surface area contributed by atoms with Crippen LogP contribution in [0.5, 0.6) is 0 Å². The molecule has 16 fully saturated rings. The van der Waals surface area contributed by atoms with Crippen LogP contribution in [0.2, 0.25) is 84.7 Å². The van der Waals surface area contributed by atoms with E-state index >= 15 is 0 Å². The first-order valence-electron chi connectivity index (χ1n) is 21.0. The molecule has 4 bridgehead atoms. The molecule has 1 spiro atoms. The summed E-state index contributed by atoms with van der Waals surface area (Å²) in [5, 5.41) is 9.78. The fourth-order valence-electron chi connectivity index (χ4n) is 32.4. The normalized spacial score (nSPS) is 77.0. The van der Waals surface area contributed by atoms with Gasteiger partial charge in [0.15, 0.2) is 0 Å². The average Bonchev–Trinajstić information content (AvgIpc) is 3.76. The Labute approximate surface area is 283 Å². The molecule has 12 saturated heterocycles. The van der Waals surface area contributed by atoms with Crippen LogP contribution in [0, 0.1) is 23.7 Å². The summed E-state index contributed by atoms with van der Waals surface area (Å²) >= 11 is 0. The molecule has 12 aliphatic heterocycles. The van der Waals surface area contributed by atoms with Crippen molar-refractivity contribution in [2.75, 3.05) is 19.3 Å². The fourth-order valence-corrected chi connectivity index (χ4v) is 179. The van der Waals surface area contributed by atoms with E-state index in [1.165, 1.54) is 67.7 Å². The van der Waals surface area contributed by atoms with Crippen molar-refractivity contribution in [3.05, 3.63) is 0 Å². The molecular formula is C40H68FeN2P2Si2. The van der Waals surface area contributed by atoms with E-state index in [1.54, 1.807) is 32.1 Å². The van der Waals surface area contributed by atoms with Crippen molar-refractivity contribution in [2.45, 2.75) is 191 Å². The molecule has 12 heterocycles. The Kier molecular flexibility index (Phi) is 2.75. The maximum absolute atomic E-state index is 4.40. The van der Waals surface area contributed by atoms with Crippen molar-refractivity contribution in [2.24, 2.45) is 23.7 Å². The Morgan fingerprint density at radius 1 is 0.745 bits per heavy atom. The van der Waals surface area contributed by atoms with Crippen LogP contribution in [0.25, 0.3) is 0 Å². The van der Waals surface area contributed by atoms with E-state index in [9.17, 15) is 0 Å². The summed E-state index contributed by atoms with van der Waals surface area (Å²) in [5.74, 6) is 4.47. The Morgan fingerprint density at radius 2 is 1.23 bits per heavy atom. The van der Waals surface area contributed by atoms with Crippen molar-refractivity contribution in [1.82, 2.24) is 10.6 Å². The third-order valence-corrected chi connectivity index (χ3v) is 96.1. The van der Waals surface area contributed by atoms with E-state index in [2.05, 4.69) is 79.9 Å². The number of rotatable bonds is 8. The molecule has 2 nitrogen and oxygen atoms in total. The van der Waals surface area contributed by atoms with Gasteiger partial charge in [-0.2, -0.15) is 0 Å². The van der Waals surface area contributed by atoms with Crippen LogP contribution in [-0.2, 0) is 6.51 Å². The molecular weight excluding hydrogens is 682 g/mol. The van der Waals surface area contributed by atoms with Gasteiger partial charge in [-0.25, -0.2) is 0 Å². The molecule has 264 valence electrons. The van der Waals surface area contributed by atoms with Gasteiger partial charge in [-0.05, 0) is 0 Å². The van der Waals surface area contributed by atoms with Crippen LogP contribution < -0.4 is 10.6 Å². The minimum atomic E-state index is -4.30. The quantitative estimate of drug-likeness (QED) is 0.191. The summed E-state index contributed by atoms with van der Waals surface area (Å²) in [6.45, 7) is 25.0. The summed E-state index contributed by atoms with van der Waals surface area (Å²) in [4.78, 5) is 8.21. The standard InChI is InChI=1S/C35H63N2P2Si2.C5H5.Fe/c1-34(2,3)39(32-25-17-23-16-24(19-25)20-26(32)18-23)22-27-28(21-29(40(4,5)6)33(27)41(7,8)9)35(38,30-12-10-14-36-30)31-13-11-15-37-31;1-2-4-5-3-1;/h21,23-26,30-32,36-37H,10-20,22,38H2,1-9H3;1-5H;. The van der Waals surface area contributed by atoms with Gasteiger partial charge in [-0.1, -0.05) is 0 Å². The molecule has 0 radical (unpaired) electrons. The van der Waals surface area contributed by atoms with E-state index in [1.807, 2.05) is 6.16 Å². The molecule has 9 atom stereocenters. The Bertz CT molecular complexity index is 1970. The van der Waals surface area contributed by atoms with Crippen molar-refractivity contribution in [3.63, 3.8) is 0 Å². The topological polar surface area (TPSA) is 24.1 Å². The number of hydrogen-bond donors (Lipinski definition) is 2. The van der Waals surface area contributed by atoms with E-state index in [0.29, 0.717) is 10.3 Å². The third kappa shape index (κ3) is 0.802. The average molecular weight is 751 g/mol. The molecule has 4 saturated carbocycles. The summed E-state index contributed by atoms with van der Waals surface area (Å²) in [6, 6.07) is 1.55. The maximum atomic E-state index is 4.40. The summed E-state index contributed by atoms with van der Waals surface area (Å²) in [7, 11) is 1.21. The first-order valence-corrected chi connectivity index (χ1v) is 36.3. The van der Waals surface area contributed by atoms with E-state index in [-0.39, 0.29) is 7.92 Å². The van der Waals surface area contributed by atoms with Gasteiger partial charge < -0.3 is 0 Å². The fraction of sp³-hybridized carbons (Fsp3) is 1.00. The Morgan fingerprint density at radius 3 is 1.60 bits per heavy atom. The molecule has 4 aliphatic carbocycles. The van der Waals surface area contributed by atoms with Gasteiger partial charge in [0, 0.05) is 0 Å². The number of fused-ring (bicyclic) bond motifs is 10. The van der Waals surface area contributed by atoms with Gasteiger partial charge >= 0.3 is 285 Å². The Balaban J connectivity index is 1.05. The van der Waals surface area contributed by atoms with Crippen LogP contribution in [0.15, 0.2) is 0 Å². The van der Waals surface area contributed by atoms with Crippen LogP contribution in [0.3, 0.4) is 0 Å². The van der Waals surface area contributed by atoms with Crippen molar-refractivity contribution >= 4 is 33.3 Å². The van der Waals surface area contributed by atoms with Crippen LogP contribution in [0.1, 0.15) is 78.6 Å². The van der Waals surface area contributed by atoms with Gasteiger partial charge in [0.1, 0.15) is 0 Å². The van der Waals surface area contributed by atoms with Gasteiger partial charge in [-0.15, -0.1) is 0 Å². The third-order valence-electron chi connectivity index (χ3n) is 27.3. The van der Waals surface area contributed by atoms with Gasteiger partial charge in [0.2, 0.25) is 0 Å². The summed E-state index contributed by atoms with van der Waals surface area (Å²) < 4.78 is 3.69. The van der Waals surface area contributed by atoms with Crippen LogP contribution >= 0.6 is 17.2 Å². The molecule has 0 aromatic carbocycles. The molecule has 0 amide bonds. The number of hydrogen-bond acceptors (Lipinski definition) is 2. The first-order chi connectivity index (χ1) is 21.8. The predicted octanol–water partition coefficient (Wildman–Crippen LogP) is 10.8. The molecule has 0 aromatic rings. The SMILES string of the molecule is CC(C)(C)P(C[C]12[C]3(C(P)(C4CCCN4)C4CCCN4)[CH]4[C]5([Si](C)(C)C)[C]1([Si](C)(C)C)[Fe]42351678[CH]2[CH]1[CH]6[CH]7[CH]28)C1C2CC3CC(C2)CC1C3. The summed E-state index contributed by atoms with van der Waals surface area (Å²) in [6.07, 6.45) is 15.9. The molecule has 9 unspecified atom stereocenters. The van der Waals surface area contributed by atoms with Gasteiger partial charge in [-0.3, -0.25) is 0 Å². The van der Waals surface area contributed by atoms with Gasteiger partial charge in [0.25, 0.3) is 0 Å². The molecule has 0 aromatic heterocycles. The zero-order valence-corrected chi connectivity index (χ0v) is 36.5. The molecule has 2 N–H and O–H groups in total. The van der Waals surface area contributed by atoms with Crippen molar-refractivity contribution < 1.29 is 6.51 Å². The van der Waals surface area contributed by atoms with E-state index < -0.39 is 22.7 Å². The zero-order valence-electron chi connectivity index (χ0n) is 31.4. The number of nitrogens with one attached hydrogen (secondary N) is 2. The molecule has 16 aliphatic rings. The van der Waals surface area contributed by atoms with Crippen molar-refractivity contribution in [1.29, 1.82) is 0 Å². The van der Waals surface area contributed by atoms with Crippen LogP contribution in [0.4, 0.5) is 0 Å². The summed E-state index contributed by atoms with van der Waals surface area (Å²) in [5.41, 5.74) is 1.13. The van der Waals surface area contributed by atoms with Gasteiger partial charge in [0.05, 0.1) is 0 Å². The van der Waals surface area contributed by atoms with E-state index in [4.69, 9.17) is 0 Å². The van der Waals surface area contributed by atoms with E-state index in [0.717, 1.165) is 57.9 Å². The minimum absolute atomic E-state index is 0.0243. The predicted molar refractivity (Wildman–Crippen MR) is 207 cm³/mol. The second kappa shape index (κ2) is 4.59. The molecule has 16 rings (SSSR count). The molecule has 47 heavy (non-hydrogen) atoms. The first kappa shape index (κ1) is 28.2. The van der Waals surface area contributed by atoms with Crippen molar-refractivity contribution in [3.8, 4) is 0 Å². The monoisotopic (exact) mass is 750 g/mol. The van der Waals surface area contributed by atoms with Crippen LogP contribution in [-0.4, -0.2) is 63.5 Å². The second-order valence-electron chi connectivity index (χ2n) is 26.5. The second-order valence-corrected chi connectivity index (χ2v) is 64.8. The molecule has 7 heteroatoms.